The lowest BCUT2D eigenvalue weighted by Gasteiger charge is -2.10. The molecule has 3 rings (SSSR count). The summed E-state index contributed by atoms with van der Waals surface area (Å²) in [6.07, 6.45) is 4.34. The van der Waals surface area contributed by atoms with Crippen LogP contribution in [0.3, 0.4) is 0 Å². The number of hydrogen-bond acceptors (Lipinski definition) is 3. The first-order chi connectivity index (χ1) is 8.92. The van der Waals surface area contributed by atoms with E-state index in [0.29, 0.717) is 11.9 Å². The molecule has 1 fully saturated rings. The van der Waals surface area contributed by atoms with Gasteiger partial charge in [0.15, 0.2) is 0 Å². The fraction of sp³-hybridized carbons (Fsp3) is 0.267. The minimum atomic E-state index is 0.690. The van der Waals surface area contributed by atoms with Gasteiger partial charge < -0.3 is 10.1 Å². The highest BCUT2D eigenvalue weighted by Gasteiger charge is 2.20. The Morgan fingerprint density at radius 1 is 1.11 bits per heavy atom. The fourth-order valence-corrected chi connectivity index (χ4v) is 1.79. The van der Waals surface area contributed by atoms with Gasteiger partial charge in [-0.05, 0) is 31.0 Å². The van der Waals surface area contributed by atoms with Crippen LogP contribution in [-0.4, -0.2) is 11.0 Å². The van der Waals surface area contributed by atoms with Crippen LogP contribution in [-0.2, 0) is 6.54 Å². The van der Waals surface area contributed by atoms with Gasteiger partial charge in [0.1, 0.15) is 5.75 Å². The number of pyridine rings is 1. The van der Waals surface area contributed by atoms with Crippen LogP contribution in [0.5, 0.6) is 11.6 Å². The molecule has 0 aliphatic heterocycles. The summed E-state index contributed by atoms with van der Waals surface area (Å²) in [5, 5.41) is 3.48. The summed E-state index contributed by atoms with van der Waals surface area (Å²) in [5.74, 6) is 1.51. The van der Waals surface area contributed by atoms with E-state index in [2.05, 4.69) is 16.4 Å². The van der Waals surface area contributed by atoms with Gasteiger partial charge in [0.05, 0.1) is 0 Å². The van der Waals surface area contributed by atoms with E-state index in [-0.39, 0.29) is 0 Å². The van der Waals surface area contributed by atoms with Crippen LogP contribution >= 0.6 is 0 Å². The van der Waals surface area contributed by atoms with Crippen molar-refractivity contribution in [2.24, 2.45) is 0 Å². The molecule has 2 aromatic rings. The number of benzene rings is 1. The predicted octanol–water partition coefficient (Wildman–Crippen LogP) is 3.13. The van der Waals surface area contributed by atoms with Gasteiger partial charge in [-0.2, -0.15) is 0 Å². The molecule has 3 nitrogen and oxygen atoms in total. The van der Waals surface area contributed by atoms with Crippen molar-refractivity contribution in [3.8, 4) is 11.6 Å². The average Bonchev–Trinajstić information content (AvgIpc) is 3.23. The molecule has 1 saturated carbocycles. The second-order valence-corrected chi connectivity index (χ2v) is 4.54. The van der Waals surface area contributed by atoms with E-state index in [0.717, 1.165) is 17.9 Å². The quantitative estimate of drug-likeness (QED) is 0.871. The zero-order chi connectivity index (χ0) is 12.2. The van der Waals surface area contributed by atoms with Crippen molar-refractivity contribution in [3.05, 3.63) is 54.2 Å². The molecule has 0 saturated heterocycles. The van der Waals surface area contributed by atoms with E-state index >= 15 is 0 Å². The summed E-state index contributed by atoms with van der Waals surface area (Å²) in [4.78, 5) is 4.31. The first-order valence-corrected chi connectivity index (χ1v) is 6.32. The molecule has 1 N–H and O–H groups in total. The number of para-hydroxylation sites is 1. The minimum Gasteiger partial charge on any atom is -0.439 e. The molecule has 1 aliphatic rings. The van der Waals surface area contributed by atoms with Gasteiger partial charge >= 0.3 is 0 Å². The Kier molecular flexibility index (Phi) is 3.24. The number of rotatable bonds is 5. The molecule has 0 atom stereocenters. The van der Waals surface area contributed by atoms with Crippen LogP contribution in [0, 0.1) is 0 Å². The van der Waals surface area contributed by atoms with Crippen molar-refractivity contribution in [3.63, 3.8) is 0 Å². The molecule has 0 bridgehead atoms. The van der Waals surface area contributed by atoms with Crippen LogP contribution in [0.4, 0.5) is 0 Å². The Hall–Kier alpha value is -1.87. The molecular formula is C15H16N2O. The number of hydrogen-bond donors (Lipinski definition) is 1. The number of ether oxygens (including phenoxy) is 1. The summed E-state index contributed by atoms with van der Waals surface area (Å²) in [7, 11) is 0. The van der Waals surface area contributed by atoms with Gasteiger partial charge in [-0.3, -0.25) is 0 Å². The third kappa shape index (κ3) is 2.87. The largest absolute Gasteiger partial charge is 0.439 e. The first kappa shape index (κ1) is 11.2. The molecule has 3 heteroatoms. The highest BCUT2D eigenvalue weighted by molar-refractivity contribution is 5.32. The summed E-state index contributed by atoms with van der Waals surface area (Å²) in [6, 6.07) is 14.5. The highest BCUT2D eigenvalue weighted by atomic mass is 16.5. The zero-order valence-electron chi connectivity index (χ0n) is 10.2. The van der Waals surface area contributed by atoms with Crippen LogP contribution in [0.2, 0.25) is 0 Å². The molecule has 1 aromatic carbocycles. The van der Waals surface area contributed by atoms with Crippen LogP contribution < -0.4 is 10.1 Å². The van der Waals surface area contributed by atoms with Crippen molar-refractivity contribution < 1.29 is 4.74 Å². The summed E-state index contributed by atoms with van der Waals surface area (Å²) < 4.78 is 5.81. The third-order valence-corrected chi connectivity index (χ3v) is 2.97. The van der Waals surface area contributed by atoms with Crippen LogP contribution in [0.15, 0.2) is 48.7 Å². The van der Waals surface area contributed by atoms with Gasteiger partial charge in [0, 0.05) is 24.3 Å². The monoisotopic (exact) mass is 240 g/mol. The summed E-state index contributed by atoms with van der Waals surface area (Å²) in [5.41, 5.74) is 1.10. The lowest BCUT2D eigenvalue weighted by atomic mass is 10.2. The van der Waals surface area contributed by atoms with Crippen LogP contribution in [0.1, 0.15) is 18.4 Å². The normalized spacial score (nSPS) is 14.4. The lowest BCUT2D eigenvalue weighted by molar-refractivity contribution is 0.452. The SMILES string of the molecule is c1ccc(Oc2ncccc2CNC2CC2)cc1. The van der Waals surface area contributed by atoms with Gasteiger partial charge in [0.25, 0.3) is 0 Å². The Morgan fingerprint density at radius 3 is 2.72 bits per heavy atom. The molecular weight excluding hydrogens is 224 g/mol. The highest BCUT2D eigenvalue weighted by Crippen LogP contribution is 2.24. The van der Waals surface area contributed by atoms with Crippen molar-refractivity contribution >= 4 is 0 Å². The smallest absolute Gasteiger partial charge is 0.223 e. The predicted molar refractivity (Wildman–Crippen MR) is 70.6 cm³/mol. The van der Waals surface area contributed by atoms with Crippen molar-refractivity contribution in [2.45, 2.75) is 25.4 Å². The third-order valence-electron chi connectivity index (χ3n) is 2.97. The molecule has 0 radical (unpaired) electrons. The van der Waals surface area contributed by atoms with E-state index in [4.69, 9.17) is 4.74 Å². The number of aromatic nitrogens is 1. The maximum atomic E-state index is 5.81. The average molecular weight is 240 g/mol. The van der Waals surface area contributed by atoms with E-state index in [1.165, 1.54) is 12.8 Å². The molecule has 18 heavy (non-hydrogen) atoms. The molecule has 0 amide bonds. The molecule has 0 unspecified atom stereocenters. The second kappa shape index (κ2) is 5.19. The van der Waals surface area contributed by atoms with Gasteiger partial charge in [-0.15, -0.1) is 0 Å². The minimum absolute atomic E-state index is 0.690. The van der Waals surface area contributed by atoms with E-state index in [9.17, 15) is 0 Å². The fourth-order valence-electron chi connectivity index (χ4n) is 1.79. The Labute approximate surface area is 107 Å². The Bertz CT molecular complexity index is 509. The van der Waals surface area contributed by atoms with Crippen molar-refractivity contribution in [2.75, 3.05) is 0 Å². The lowest BCUT2D eigenvalue weighted by Crippen LogP contribution is -2.16. The first-order valence-electron chi connectivity index (χ1n) is 6.32. The van der Waals surface area contributed by atoms with E-state index < -0.39 is 0 Å². The summed E-state index contributed by atoms with van der Waals surface area (Å²) in [6.45, 7) is 0.820. The van der Waals surface area contributed by atoms with E-state index in [1.54, 1.807) is 6.20 Å². The molecule has 1 heterocycles. The number of nitrogens with one attached hydrogen (secondary N) is 1. The van der Waals surface area contributed by atoms with Gasteiger partial charge in [-0.1, -0.05) is 24.3 Å². The van der Waals surface area contributed by atoms with Crippen LogP contribution in [0.25, 0.3) is 0 Å². The second-order valence-electron chi connectivity index (χ2n) is 4.54. The van der Waals surface area contributed by atoms with Gasteiger partial charge in [0.2, 0.25) is 5.88 Å². The zero-order valence-corrected chi connectivity index (χ0v) is 10.2. The molecule has 1 aliphatic carbocycles. The maximum Gasteiger partial charge on any atom is 0.223 e. The Morgan fingerprint density at radius 2 is 1.94 bits per heavy atom. The standard InChI is InChI=1S/C15H16N2O/c1-2-6-14(7-3-1)18-15-12(5-4-10-16-15)11-17-13-8-9-13/h1-7,10,13,17H,8-9,11H2. The number of nitrogens with zero attached hydrogens (tertiary/aromatic N) is 1. The molecule has 92 valence electrons. The van der Waals surface area contributed by atoms with E-state index in [1.807, 2.05) is 36.4 Å². The van der Waals surface area contributed by atoms with Crippen molar-refractivity contribution in [1.82, 2.24) is 10.3 Å². The van der Waals surface area contributed by atoms with Crippen molar-refractivity contribution in [1.29, 1.82) is 0 Å². The maximum absolute atomic E-state index is 5.81. The topological polar surface area (TPSA) is 34.1 Å². The van der Waals surface area contributed by atoms with Gasteiger partial charge in [-0.25, -0.2) is 4.98 Å². The molecule has 1 aromatic heterocycles. The Balaban J connectivity index is 1.73. The molecule has 0 spiro atoms. The summed E-state index contributed by atoms with van der Waals surface area (Å²) >= 11 is 0.